The molecule has 0 radical (unpaired) electrons. The average Bonchev–Trinajstić information content (AvgIpc) is 3.44. The summed E-state index contributed by atoms with van der Waals surface area (Å²) in [6, 6.07) is 22.9. The number of aromatic nitrogens is 2. The van der Waals surface area contributed by atoms with Gasteiger partial charge in [-0.2, -0.15) is 0 Å². The summed E-state index contributed by atoms with van der Waals surface area (Å²) in [6.45, 7) is 10.7. The minimum absolute atomic E-state index is 0.0657. The molecule has 1 amide bonds. The van der Waals surface area contributed by atoms with Crippen LogP contribution in [0.1, 0.15) is 61.0 Å². The molecule has 0 aliphatic carbocycles. The van der Waals surface area contributed by atoms with Crippen LogP contribution in [0.5, 0.6) is 5.75 Å². The third-order valence-electron chi connectivity index (χ3n) is 7.32. The zero-order valence-corrected chi connectivity index (χ0v) is 21.7. The van der Waals surface area contributed by atoms with Crippen LogP contribution in [0.3, 0.4) is 0 Å². The van der Waals surface area contributed by atoms with Gasteiger partial charge in [-0.15, -0.1) is 0 Å². The zero-order valence-electron chi connectivity index (χ0n) is 21.7. The summed E-state index contributed by atoms with van der Waals surface area (Å²) in [4.78, 5) is 19.9. The van der Waals surface area contributed by atoms with E-state index in [9.17, 15) is 4.79 Å². The molecular formula is C31H35N3O2. The third kappa shape index (κ3) is 4.88. The number of ether oxygens (including phenoxy) is 1. The van der Waals surface area contributed by atoms with Crippen LogP contribution in [0.15, 0.2) is 66.7 Å². The Labute approximate surface area is 213 Å². The van der Waals surface area contributed by atoms with Gasteiger partial charge in [0.15, 0.2) is 0 Å². The van der Waals surface area contributed by atoms with Gasteiger partial charge in [0.2, 0.25) is 5.91 Å². The van der Waals surface area contributed by atoms with Gasteiger partial charge < -0.3 is 14.2 Å². The molecule has 0 saturated carbocycles. The molecule has 1 unspecified atom stereocenters. The molecule has 1 atom stereocenters. The number of fused-ring (bicyclic) bond motifs is 1. The SMILES string of the molecule is Cc1ccc(N2CC(c3nc4ccccc4n3CCCOc3ccc(C(C)C)cc3)CC2=O)cc1C. The second kappa shape index (κ2) is 10.2. The molecule has 1 saturated heterocycles. The maximum absolute atomic E-state index is 13.0. The number of nitrogens with zero attached hydrogens (tertiary/aromatic N) is 3. The topological polar surface area (TPSA) is 47.4 Å². The highest BCUT2D eigenvalue weighted by Crippen LogP contribution is 2.34. The number of rotatable bonds is 8. The highest BCUT2D eigenvalue weighted by Gasteiger charge is 2.34. The summed E-state index contributed by atoms with van der Waals surface area (Å²) in [7, 11) is 0. The van der Waals surface area contributed by atoms with E-state index >= 15 is 0 Å². The van der Waals surface area contributed by atoms with E-state index in [-0.39, 0.29) is 11.8 Å². The zero-order chi connectivity index (χ0) is 25.2. The monoisotopic (exact) mass is 481 g/mol. The Bertz CT molecular complexity index is 1370. The molecule has 1 aromatic heterocycles. The van der Waals surface area contributed by atoms with Crippen molar-refractivity contribution in [1.29, 1.82) is 0 Å². The number of anilines is 1. The van der Waals surface area contributed by atoms with Gasteiger partial charge in [0, 0.05) is 31.1 Å². The normalized spacial score (nSPS) is 15.9. The number of para-hydroxylation sites is 2. The Kier molecular flexibility index (Phi) is 6.82. The van der Waals surface area contributed by atoms with Crippen LogP contribution in [0.4, 0.5) is 5.69 Å². The number of hydrogen-bond acceptors (Lipinski definition) is 3. The molecule has 0 bridgehead atoms. The minimum Gasteiger partial charge on any atom is -0.494 e. The number of imidazole rings is 1. The molecule has 3 aromatic carbocycles. The molecule has 1 aliphatic heterocycles. The van der Waals surface area contributed by atoms with E-state index in [1.54, 1.807) is 0 Å². The molecular weight excluding hydrogens is 446 g/mol. The Hall–Kier alpha value is -3.60. The van der Waals surface area contributed by atoms with Crippen molar-refractivity contribution in [3.8, 4) is 5.75 Å². The molecule has 1 aliphatic rings. The molecule has 5 heteroatoms. The quantitative estimate of drug-likeness (QED) is 0.261. The molecule has 2 heterocycles. The first-order chi connectivity index (χ1) is 17.4. The Morgan fingerprint density at radius 3 is 2.53 bits per heavy atom. The van der Waals surface area contributed by atoms with Crippen molar-refractivity contribution in [2.24, 2.45) is 0 Å². The van der Waals surface area contributed by atoms with Gasteiger partial charge in [-0.25, -0.2) is 4.98 Å². The van der Waals surface area contributed by atoms with Crippen LogP contribution in [-0.2, 0) is 11.3 Å². The van der Waals surface area contributed by atoms with E-state index in [0.29, 0.717) is 25.5 Å². The predicted molar refractivity (Wildman–Crippen MR) is 146 cm³/mol. The third-order valence-corrected chi connectivity index (χ3v) is 7.32. The maximum Gasteiger partial charge on any atom is 0.227 e. The van der Waals surface area contributed by atoms with Gasteiger partial charge in [-0.1, -0.05) is 44.2 Å². The summed E-state index contributed by atoms with van der Waals surface area (Å²) in [5.74, 6) is 2.64. The standard InChI is InChI=1S/C31H35N3O2/c1-21(2)24-11-14-27(15-12-24)36-17-7-16-33-29-9-6-5-8-28(29)32-31(33)25-19-30(35)34(20-25)26-13-10-22(3)23(4)18-26/h5-6,8-15,18,21,25H,7,16-17,19-20H2,1-4H3. The molecule has 186 valence electrons. The smallest absolute Gasteiger partial charge is 0.227 e. The van der Waals surface area contributed by atoms with Crippen LogP contribution >= 0.6 is 0 Å². The first-order valence-electron chi connectivity index (χ1n) is 13.0. The lowest BCUT2D eigenvalue weighted by atomic mass is 10.0. The number of aryl methyl sites for hydroxylation is 3. The van der Waals surface area contributed by atoms with E-state index in [4.69, 9.17) is 9.72 Å². The lowest BCUT2D eigenvalue weighted by molar-refractivity contribution is -0.117. The Balaban J connectivity index is 1.31. The number of carbonyl (C=O) groups is 1. The molecule has 0 spiro atoms. The van der Waals surface area contributed by atoms with Crippen LogP contribution in [0.25, 0.3) is 11.0 Å². The summed E-state index contributed by atoms with van der Waals surface area (Å²) >= 11 is 0. The van der Waals surface area contributed by atoms with Crippen molar-refractivity contribution in [2.75, 3.05) is 18.1 Å². The molecule has 4 aromatic rings. The van der Waals surface area contributed by atoms with Crippen molar-refractivity contribution in [2.45, 2.75) is 58.9 Å². The van der Waals surface area contributed by atoms with Gasteiger partial charge >= 0.3 is 0 Å². The summed E-state index contributed by atoms with van der Waals surface area (Å²) in [6.07, 6.45) is 1.34. The second-order valence-electron chi connectivity index (χ2n) is 10.2. The fourth-order valence-corrected chi connectivity index (χ4v) is 5.03. The van der Waals surface area contributed by atoms with E-state index in [0.717, 1.165) is 41.3 Å². The van der Waals surface area contributed by atoms with Crippen LogP contribution in [-0.4, -0.2) is 28.6 Å². The molecule has 1 fully saturated rings. The van der Waals surface area contributed by atoms with Crippen molar-refractivity contribution < 1.29 is 9.53 Å². The molecule has 0 N–H and O–H groups in total. The average molecular weight is 482 g/mol. The van der Waals surface area contributed by atoms with Gasteiger partial charge in [-0.05, 0) is 79.3 Å². The van der Waals surface area contributed by atoms with E-state index in [2.05, 4.69) is 92.9 Å². The van der Waals surface area contributed by atoms with Crippen molar-refractivity contribution in [1.82, 2.24) is 9.55 Å². The first kappa shape index (κ1) is 24.1. The molecule has 5 rings (SSSR count). The van der Waals surface area contributed by atoms with Crippen molar-refractivity contribution in [3.63, 3.8) is 0 Å². The highest BCUT2D eigenvalue weighted by atomic mass is 16.5. The van der Waals surface area contributed by atoms with Crippen LogP contribution in [0.2, 0.25) is 0 Å². The fourth-order valence-electron chi connectivity index (χ4n) is 5.03. The second-order valence-corrected chi connectivity index (χ2v) is 10.2. The van der Waals surface area contributed by atoms with Crippen LogP contribution in [0, 0.1) is 13.8 Å². The molecule has 36 heavy (non-hydrogen) atoms. The summed E-state index contributed by atoms with van der Waals surface area (Å²) in [5, 5.41) is 0. The van der Waals surface area contributed by atoms with Gasteiger partial charge in [0.1, 0.15) is 11.6 Å². The van der Waals surface area contributed by atoms with E-state index < -0.39 is 0 Å². The summed E-state index contributed by atoms with van der Waals surface area (Å²) < 4.78 is 8.33. The van der Waals surface area contributed by atoms with Gasteiger partial charge in [0.05, 0.1) is 17.6 Å². The largest absolute Gasteiger partial charge is 0.494 e. The van der Waals surface area contributed by atoms with Crippen LogP contribution < -0.4 is 9.64 Å². The summed E-state index contributed by atoms with van der Waals surface area (Å²) in [5.41, 5.74) is 6.83. The minimum atomic E-state index is 0.0657. The van der Waals surface area contributed by atoms with Gasteiger partial charge in [0.25, 0.3) is 0 Å². The lowest BCUT2D eigenvalue weighted by Gasteiger charge is -2.18. The molecule has 5 nitrogen and oxygen atoms in total. The number of carbonyl (C=O) groups excluding carboxylic acids is 1. The number of hydrogen-bond donors (Lipinski definition) is 0. The highest BCUT2D eigenvalue weighted by molar-refractivity contribution is 5.96. The Morgan fingerprint density at radius 2 is 1.78 bits per heavy atom. The number of amides is 1. The van der Waals surface area contributed by atoms with E-state index in [1.165, 1.54) is 16.7 Å². The maximum atomic E-state index is 13.0. The first-order valence-corrected chi connectivity index (χ1v) is 13.0. The number of benzene rings is 3. The predicted octanol–water partition coefficient (Wildman–Crippen LogP) is 6.77. The van der Waals surface area contributed by atoms with Gasteiger partial charge in [-0.3, -0.25) is 4.79 Å². The van der Waals surface area contributed by atoms with Crippen molar-refractivity contribution in [3.05, 3.63) is 89.2 Å². The lowest BCUT2D eigenvalue weighted by Crippen LogP contribution is -2.24. The van der Waals surface area contributed by atoms with Crippen molar-refractivity contribution >= 4 is 22.6 Å². The fraction of sp³-hybridized carbons (Fsp3) is 0.355. The Morgan fingerprint density at radius 1 is 1.00 bits per heavy atom. The van der Waals surface area contributed by atoms with E-state index in [1.807, 2.05) is 11.0 Å².